The van der Waals surface area contributed by atoms with E-state index in [-0.39, 0.29) is 24.8 Å². The monoisotopic (exact) mass is 290 g/mol. The minimum atomic E-state index is -0.917. The Labute approximate surface area is 125 Å². The molecule has 5 heteroatoms. The number of benzene rings is 1. The highest BCUT2D eigenvalue weighted by Gasteiger charge is 2.29. The molecule has 1 unspecified atom stereocenters. The maximum atomic E-state index is 12.2. The zero-order valence-electron chi connectivity index (χ0n) is 12.4. The Bertz CT molecular complexity index is 490. The van der Waals surface area contributed by atoms with E-state index in [0.29, 0.717) is 6.54 Å². The fourth-order valence-corrected chi connectivity index (χ4v) is 2.76. The smallest absolute Gasteiger partial charge is 0.303 e. The van der Waals surface area contributed by atoms with Gasteiger partial charge in [-0.2, -0.15) is 0 Å². The predicted molar refractivity (Wildman–Crippen MR) is 81.3 cm³/mol. The Balaban J connectivity index is 1.98. The van der Waals surface area contributed by atoms with E-state index in [1.165, 1.54) is 5.69 Å². The zero-order valence-corrected chi connectivity index (χ0v) is 12.4. The van der Waals surface area contributed by atoms with Crippen LogP contribution in [0.25, 0.3) is 0 Å². The SMILES string of the molecule is CCC1CN(c2ccccc2)CCN1C(=O)CCC(=O)O. The average Bonchev–Trinajstić information content (AvgIpc) is 2.52. The minimum Gasteiger partial charge on any atom is -0.481 e. The van der Waals surface area contributed by atoms with Crippen molar-refractivity contribution in [3.8, 4) is 0 Å². The number of carboxylic acid groups (broad SMARTS) is 1. The number of para-hydroxylation sites is 1. The Morgan fingerprint density at radius 3 is 2.52 bits per heavy atom. The molecule has 1 aromatic carbocycles. The number of nitrogens with zero attached hydrogens (tertiary/aromatic N) is 2. The summed E-state index contributed by atoms with van der Waals surface area (Å²) >= 11 is 0. The minimum absolute atomic E-state index is 0.0445. The van der Waals surface area contributed by atoms with Crippen LogP contribution in [0.15, 0.2) is 30.3 Å². The van der Waals surface area contributed by atoms with E-state index < -0.39 is 5.97 Å². The molecule has 0 spiro atoms. The normalized spacial score (nSPS) is 18.6. The number of rotatable bonds is 5. The molecule has 114 valence electrons. The van der Waals surface area contributed by atoms with Crippen LogP contribution in [0.4, 0.5) is 5.69 Å². The van der Waals surface area contributed by atoms with Crippen LogP contribution in [0.1, 0.15) is 26.2 Å². The first kappa shape index (κ1) is 15.4. The summed E-state index contributed by atoms with van der Waals surface area (Å²) in [6, 6.07) is 10.3. The van der Waals surface area contributed by atoms with Crippen molar-refractivity contribution < 1.29 is 14.7 Å². The van der Waals surface area contributed by atoms with E-state index in [9.17, 15) is 9.59 Å². The van der Waals surface area contributed by atoms with Gasteiger partial charge in [0, 0.05) is 37.8 Å². The number of hydrogen-bond donors (Lipinski definition) is 1. The molecule has 21 heavy (non-hydrogen) atoms. The Hall–Kier alpha value is -2.04. The second-order valence-electron chi connectivity index (χ2n) is 5.32. The van der Waals surface area contributed by atoms with Crippen LogP contribution in [0.5, 0.6) is 0 Å². The molecule has 1 aliphatic heterocycles. The lowest BCUT2D eigenvalue weighted by Gasteiger charge is -2.42. The van der Waals surface area contributed by atoms with E-state index in [2.05, 4.69) is 24.0 Å². The average molecular weight is 290 g/mol. The molecule has 1 heterocycles. The first-order valence-corrected chi connectivity index (χ1v) is 7.43. The van der Waals surface area contributed by atoms with Crippen LogP contribution in [0.2, 0.25) is 0 Å². The van der Waals surface area contributed by atoms with Crippen LogP contribution in [0.3, 0.4) is 0 Å². The van der Waals surface area contributed by atoms with Crippen molar-refractivity contribution in [2.45, 2.75) is 32.2 Å². The van der Waals surface area contributed by atoms with Gasteiger partial charge in [-0.3, -0.25) is 9.59 Å². The largest absolute Gasteiger partial charge is 0.481 e. The lowest BCUT2D eigenvalue weighted by atomic mass is 10.1. The second kappa shape index (κ2) is 7.11. The highest BCUT2D eigenvalue weighted by Crippen LogP contribution is 2.21. The van der Waals surface area contributed by atoms with Crippen molar-refractivity contribution in [2.24, 2.45) is 0 Å². The third-order valence-corrected chi connectivity index (χ3v) is 3.95. The summed E-state index contributed by atoms with van der Waals surface area (Å²) in [5.74, 6) is -0.962. The molecule has 2 rings (SSSR count). The number of aliphatic carboxylic acids is 1. The Morgan fingerprint density at radius 2 is 1.90 bits per heavy atom. The van der Waals surface area contributed by atoms with Crippen molar-refractivity contribution in [2.75, 3.05) is 24.5 Å². The van der Waals surface area contributed by atoms with Crippen LogP contribution in [0, 0.1) is 0 Å². The maximum Gasteiger partial charge on any atom is 0.303 e. The summed E-state index contributed by atoms with van der Waals surface area (Å²) < 4.78 is 0. The van der Waals surface area contributed by atoms with E-state index >= 15 is 0 Å². The third kappa shape index (κ3) is 3.97. The highest BCUT2D eigenvalue weighted by molar-refractivity contribution is 5.81. The van der Waals surface area contributed by atoms with E-state index in [4.69, 9.17) is 5.11 Å². The maximum absolute atomic E-state index is 12.2. The molecule has 0 radical (unpaired) electrons. The van der Waals surface area contributed by atoms with Gasteiger partial charge in [0.1, 0.15) is 0 Å². The molecule has 0 saturated carbocycles. The number of anilines is 1. The van der Waals surface area contributed by atoms with Gasteiger partial charge in [0.15, 0.2) is 0 Å². The molecule has 1 saturated heterocycles. The van der Waals surface area contributed by atoms with Gasteiger partial charge in [0.05, 0.1) is 6.42 Å². The number of hydrogen-bond acceptors (Lipinski definition) is 3. The lowest BCUT2D eigenvalue weighted by molar-refractivity contribution is -0.142. The lowest BCUT2D eigenvalue weighted by Crippen LogP contribution is -2.55. The Kier molecular flexibility index (Phi) is 5.20. The molecule has 1 N–H and O–H groups in total. The van der Waals surface area contributed by atoms with Gasteiger partial charge in [-0.15, -0.1) is 0 Å². The molecule has 1 amide bonds. The number of piperazine rings is 1. The standard InChI is InChI=1S/C16H22N2O3/c1-2-13-12-17(14-6-4-3-5-7-14)10-11-18(13)15(19)8-9-16(20)21/h3-7,13H,2,8-12H2,1H3,(H,20,21). The molecular weight excluding hydrogens is 268 g/mol. The van der Waals surface area contributed by atoms with Gasteiger partial charge >= 0.3 is 5.97 Å². The van der Waals surface area contributed by atoms with Crippen molar-refractivity contribution >= 4 is 17.6 Å². The molecule has 1 aliphatic rings. The number of carboxylic acids is 1. The van der Waals surface area contributed by atoms with E-state index in [0.717, 1.165) is 19.5 Å². The highest BCUT2D eigenvalue weighted by atomic mass is 16.4. The molecular formula is C16H22N2O3. The van der Waals surface area contributed by atoms with Crippen molar-refractivity contribution in [1.82, 2.24) is 4.90 Å². The van der Waals surface area contributed by atoms with Gasteiger partial charge in [-0.1, -0.05) is 25.1 Å². The summed E-state index contributed by atoms with van der Waals surface area (Å²) in [5, 5.41) is 8.70. The topological polar surface area (TPSA) is 60.9 Å². The first-order valence-electron chi connectivity index (χ1n) is 7.43. The first-order chi connectivity index (χ1) is 10.1. The zero-order chi connectivity index (χ0) is 15.2. The predicted octanol–water partition coefficient (Wildman–Crippen LogP) is 1.98. The van der Waals surface area contributed by atoms with Crippen LogP contribution in [-0.2, 0) is 9.59 Å². The van der Waals surface area contributed by atoms with Gasteiger partial charge in [0.25, 0.3) is 0 Å². The quantitative estimate of drug-likeness (QED) is 0.900. The summed E-state index contributed by atoms with van der Waals surface area (Å²) in [7, 11) is 0. The summed E-state index contributed by atoms with van der Waals surface area (Å²) in [6.07, 6.45) is 0.882. The Morgan fingerprint density at radius 1 is 1.19 bits per heavy atom. The molecule has 5 nitrogen and oxygen atoms in total. The van der Waals surface area contributed by atoms with Crippen LogP contribution >= 0.6 is 0 Å². The fourth-order valence-electron chi connectivity index (χ4n) is 2.76. The van der Waals surface area contributed by atoms with Crippen LogP contribution < -0.4 is 4.90 Å². The summed E-state index contributed by atoms with van der Waals surface area (Å²) in [4.78, 5) is 26.9. The van der Waals surface area contributed by atoms with Crippen LogP contribution in [-0.4, -0.2) is 47.6 Å². The number of carbonyl (C=O) groups excluding carboxylic acids is 1. The summed E-state index contributed by atoms with van der Waals surface area (Å²) in [6.45, 7) is 4.32. The summed E-state index contributed by atoms with van der Waals surface area (Å²) in [5.41, 5.74) is 1.17. The third-order valence-electron chi connectivity index (χ3n) is 3.95. The molecule has 1 aromatic rings. The van der Waals surface area contributed by atoms with Gasteiger partial charge in [-0.05, 0) is 18.6 Å². The molecule has 1 atom stereocenters. The second-order valence-corrected chi connectivity index (χ2v) is 5.32. The molecule has 1 fully saturated rings. The van der Waals surface area contributed by atoms with Gasteiger partial charge < -0.3 is 14.9 Å². The van der Waals surface area contributed by atoms with Gasteiger partial charge in [0.2, 0.25) is 5.91 Å². The van der Waals surface area contributed by atoms with E-state index in [1.54, 1.807) is 0 Å². The molecule has 0 aromatic heterocycles. The van der Waals surface area contributed by atoms with Crippen molar-refractivity contribution in [1.29, 1.82) is 0 Å². The van der Waals surface area contributed by atoms with Gasteiger partial charge in [-0.25, -0.2) is 0 Å². The van der Waals surface area contributed by atoms with E-state index in [1.807, 2.05) is 23.1 Å². The molecule has 0 bridgehead atoms. The van der Waals surface area contributed by atoms with Crippen molar-refractivity contribution in [3.05, 3.63) is 30.3 Å². The molecule has 0 aliphatic carbocycles. The fraction of sp³-hybridized carbons (Fsp3) is 0.500. The van der Waals surface area contributed by atoms with Crippen molar-refractivity contribution in [3.63, 3.8) is 0 Å². The number of amides is 1. The number of carbonyl (C=O) groups is 2.